The minimum atomic E-state index is -0.224. The quantitative estimate of drug-likeness (QED) is 0.498. The van der Waals surface area contributed by atoms with E-state index in [2.05, 4.69) is 10.3 Å². The van der Waals surface area contributed by atoms with Crippen molar-refractivity contribution in [3.05, 3.63) is 35.4 Å². The standard InChI is InChI=1S/C16H24N2O3/c1-5-13(3)17-16(21-10-9-20-4)18-15(19)14-8-6-7-12(2)11-14/h6-8,11,13H,5,9-10H2,1-4H3,(H,17,18,19)/t13-/m1/s1. The topological polar surface area (TPSA) is 59.9 Å². The molecule has 0 aliphatic carbocycles. The number of amides is 1. The van der Waals surface area contributed by atoms with Gasteiger partial charge in [0.2, 0.25) is 0 Å². The molecule has 116 valence electrons. The van der Waals surface area contributed by atoms with Crippen LogP contribution in [0.5, 0.6) is 0 Å². The predicted molar refractivity (Wildman–Crippen MR) is 83.7 cm³/mol. The average molecular weight is 292 g/mol. The fourth-order valence-corrected chi connectivity index (χ4v) is 1.57. The molecular weight excluding hydrogens is 268 g/mol. The first-order chi connectivity index (χ1) is 10.1. The van der Waals surface area contributed by atoms with Gasteiger partial charge in [-0.15, -0.1) is 0 Å². The van der Waals surface area contributed by atoms with Crippen LogP contribution in [0, 0.1) is 6.92 Å². The normalized spacial score (nSPS) is 12.9. The molecule has 21 heavy (non-hydrogen) atoms. The van der Waals surface area contributed by atoms with Crippen LogP contribution in [0.25, 0.3) is 0 Å². The average Bonchev–Trinajstić information content (AvgIpc) is 2.47. The molecule has 0 heterocycles. The highest BCUT2D eigenvalue weighted by molar-refractivity contribution is 6.04. The Morgan fingerprint density at radius 2 is 2.14 bits per heavy atom. The van der Waals surface area contributed by atoms with E-state index in [9.17, 15) is 4.79 Å². The van der Waals surface area contributed by atoms with E-state index in [0.717, 1.165) is 12.0 Å². The maximum absolute atomic E-state index is 12.2. The van der Waals surface area contributed by atoms with E-state index in [1.165, 1.54) is 0 Å². The number of nitrogens with one attached hydrogen (secondary N) is 1. The van der Waals surface area contributed by atoms with Crippen LogP contribution in [0.3, 0.4) is 0 Å². The Hall–Kier alpha value is -1.88. The molecule has 1 amide bonds. The third-order valence-corrected chi connectivity index (χ3v) is 2.96. The first-order valence-electron chi connectivity index (χ1n) is 7.14. The van der Waals surface area contributed by atoms with Gasteiger partial charge in [0.1, 0.15) is 6.61 Å². The second-order valence-electron chi connectivity index (χ2n) is 4.86. The molecule has 1 aromatic carbocycles. The number of carbonyl (C=O) groups is 1. The fourth-order valence-electron chi connectivity index (χ4n) is 1.57. The molecule has 0 fully saturated rings. The monoisotopic (exact) mass is 292 g/mol. The summed E-state index contributed by atoms with van der Waals surface area (Å²) in [5, 5.41) is 2.72. The van der Waals surface area contributed by atoms with E-state index in [1.807, 2.05) is 39.0 Å². The highest BCUT2D eigenvalue weighted by Crippen LogP contribution is 2.04. The Bertz CT molecular complexity index is 486. The number of aryl methyl sites for hydroxylation is 1. The molecule has 1 rings (SSSR count). The van der Waals surface area contributed by atoms with Crippen LogP contribution in [0.15, 0.2) is 29.3 Å². The van der Waals surface area contributed by atoms with Gasteiger partial charge in [-0.05, 0) is 32.4 Å². The molecule has 0 saturated heterocycles. The van der Waals surface area contributed by atoms with Crippen LogP contribution >= 0.6 is 0 Å². The smallest absolute Gasteiger partial charge is 0.292 e. The Kier molecular flexibility index (Phi) is 7.46. The first-order valence-corrected chi connectivity index (χ1v) is 7.14. The van der Waals surface area contributed by atoms with E-state index in [0.29, 0.717) is 18.8 Å². The van der Waals surface area contributed by atoms with E-state index >= 15 is 0 Å². The van der Waals surface area contributed by atoms with Gasteiger partial charge in [0.25, 0.3) is 11.9 Å². The molecule has 0 spiro atoms. The second kappa shape index (κ2) is 9.13. The fraction of sp³-hybridized carbons (Fsp3) is 0.500. The van der Waals surface area contributed by atoms with Crippen molar-refractivity contribution in [3.8, 4) is 0 Å². The third-order valence-electron chi connectivity index (χ3n) is 2.96. The van der Waals surface area contributed by atoms with E-state index < -0.39 is 0 Å². The Morgan fingerprint density at radius 3 is 2.76 bits per heavy atom. The van der Waals surface area contributed by atoms with Crippen LogP contribution in [0.4, 0.5) is 0 Å². The largest absolute Gasteiger partial charge is 0.463 e. The van der Waals surface area contributed by atoms with Gasteiger partial charge in [0.05, 0.1) is 12.6 Å². The summed E-state index contributed by atoms with van der Waals surface area (Å²) in [5.41, 5.74) is 1.62. The van der Waals surface area contributed by atoms with E-state index in [-0.39, 0.29) is 18.0 Å². The lowest BCUT2D eigenvalue weighted by Gasteiger charge is -2.12. The highest BCUT2D eigenvalue weighted by Gasteiger charge is 2.11. The summed E-state index contributed by atoms with van der Waals surface area (Å²) in [6, 6.07) is 7.71. The van der Waals surface area contributed by atoms with Gasteiger partial charge in [0.15, 0.2) is 0 Å². The summed E-state index contributed by atoms with van der Waals surface area (Å²) >= 11 is 0. The van der Waals surface area contributed by atoms with Crippen molar-refractivity contribution in [2.45, 2.75) is 33.2 Å². The summed E-state index contributed by atoms with van der Waals surface area (Å²) in [5.74, 6) is -0.224. The third kappa shape index (κ3) is 6.40. The number of carbonyl (C=O) groups excluding carboxylic acids is 1. The van der Waals surface area contributed by atoms with Crippen molar-refractivity contribution in [2.24, 2.45) is 4.99 Å². The lowest BCUT2D eigenvalue weighted by Crippen LogP contribution is -2.34. The van der Waals surface area contributed by atoms with E-state index in [4.69, 9.17) is 9.47 Å². The lowest BCUT2D eigenvalue weighted by molar-refractivity contribution is 0.0953. The summed E-state index contributed by atoms with van der Waals surface area (Å²) in [6.45, 7) is 6.74. The molecule has 0 unspecified atom stereocenters. The number of hydrogen-bond acceptors (Lipinski definition) is 4. The van der Waals surface area contributed by atoms with Crippen molar-refractivity contribution in [3.63, 3.8) is 0 Å². The molecule has 0 bridgehead atoms. The van der Waals surface area contributed by atoms with Crippen LogP contribution in [0.2, 0.25) is 0 Å². The summed E-state index contributed by atoms with van der Waals surface area (Å²) in [6.07, 6.45) is 0.872. The summed E-state index contributed by atoms with van der Waals surface area (Å²) in [4.78, 5) is 16.6. The van der Waals surface area contributed by atoms with Crippen molar-refractivity contribution in [2.75, 3.05) is 20.3 Å². The number of amidine groups is 1. The van der Waals surface area contributed by atoms with Gasteiger partial charge in [-0.1, -0.05) is 24.6 Å². The number of benzene rings is 1. The van der Waals surface area contributed by atoms with Gasteiger partial charge in [-0.3, -0.25) is 10.1 Å². The van der Waals surface area contributed by atoms with E-state index in [1.54, 1.807) is 13.2 Å². The Morgan fingerprint density at radius 1 is 1.38 bits per heavy atom. The highest BCUT2D eigenvalue weighted by atomic mass is 16.5. The van der Waals surface area contributed by atoms with Crippen molar-refractivity contribution in [1.29, 1.82) is 0 Å². The van der Waals surface area contributed by atoms with Gasteiger partial charge < -0.3 is 9.47 Å². The second-order valence-corrected chi connectivity index (χ2v) is 4.86. The maximum Gasteiger partial charge on any atom is 0.292 e. The Balaban J connectivity index is 2.75. The number of ether oxygens (including phenoxy) is 2. The molecule has 0 radical (unpaired) electrons. The van der Waals surface area contributed by atoms with Gasteiger partial charge in [-0.25, -0.2) is 4.99 Å². The minimum Gasteiger partial charge on any atom is -0.463 e. The first kappa shape index (κ1) is 17.2. The molecule has 1 atom stereocenters. The summed E-state index contributed by atoms with van der Waals surface area (Å²) in [7, 11) is 1.60. The van der Waals surface area contributed by atoms with Crippen molar-refractivity contribution >= 4 is 11.9 Å². The molecule has 1 N–H and O–H groups in total. The van der Waals surface area contributed by atoms with Crippen molar-refractivity contribution < 1.29 is 14.3 Å². The van der Waals surface area contributed by atoms with Crippen LogP contribution in [-0.2, 0) is 9.47 Å². The maximum atomic E-state index is 12.2. The zero-order valence-electron chi connectivity index (χ0n) is 13.2. The molecular formula is C16H24N2O3. The molecule has 1 aromatic rings. The molecule has 0 aliphatic rings. The Labute approximate surface area is 126 Å². The molecule has 0 aliphatic heterocycles. The number of methoxy groups -OCH3 is 1. The predicted octanol–water partition coefficient (Wildman–Crippen LogP) is 2.54. The zero-order valence-corrected chi connectivity index (χ0v) is 13.2. The summed E-state index contributed by atoms with van der Waals surface area (Å²) < 4.78 is 10.4. The van der Waals surface area contributed by atoms with Gasteiger partial charge in [0, 0.05) is 12.7 Å². The van der Waals surface area contributed by atoms with Crippen LogP contribution in [0.1, 0.15) is 36.2 Å². The SMILES string of the molecule is CC[C@@H](C)N=C(NC(=O)c1cccc(C)c1)OCCOC. The number of nitrogens with zero attached hydrogens (tertiary/aromatic N) is 1. The van der Waals surface area contributed by atoms with Crippen molar-refractivity contribution in [1.82, 2.24) is 5.32 Å². The minimum absolute atomic E-state index is 0.0837. The molecule has 5 nitrogen and oxygen atoms in total. The van der Waals surface area contributed by atoms with Crippen LogP contribution in [-0.4, -0.2) is 38.3 Å². The number of hydrogen-bond donors (Lipinski definition) is 1. The zero-order chi connectivity index (χ0) is 15.7. The van der Waals surface area contributed by atoms with Gasteiger partial charge >= 0.3 is 0 Å². The molecule has 0 aromatic heterocycles. The number of rotatable bonds is 6. The van der Waals surface area contributed by atoms with Crippen LogP contribution < -0.4 is 5.32 Å². The van der Waals surface area contributed by atoms with Gasteiger partial charge in [-0.2, -0.15) is 0 Å². The molecule has 0 saturated carbocycles. The number of aliphatic imine (C=N–C) groups is 1. The lowest BCUT2D eigenvalue weighted by atomic mass is 10.1. The molecule has 5 heteroatoms.